The molecule has 2 aromatic rings. The zero-order valence-electron chi connectivity index (χ0n) is 11.3. The highest BCUT2D eigenvalue weighted by Crippen LogP contribution is 2.11. The molecule has 0 aliphatic carbocycles. The van der Waals surface area contributed by atoms with Crippen molar-refractivity contribution in [3.63, 3.8) is 0 Å². The Morgan fingerprint density at radius 3 is 2.81 bits per heavy atom. The number of carbonyl (C=O) groups is 1. The second kappa shape index (κ2) is 6.04. The maximum Gasteiger partial charge on any atom is 0.234 e. The summed E-state index contributed by atoms with van der Waals surface area (Å²) < 4.78 is 38.1. The van der Waals surface area contributed by atoms with E-state index in [1.54, 1.807) is 12.3 Å². The number of halogens is 1. The molecule has 1 aromatic carbocycles. The van der Waals surface area contributed by atoms with Crippen LogP contribution in [0.4, 0.5) is 4.39 Å². The van der Waals surface area contributed by atoms with Crippen LogP contribution in [0.5, 0.6) is 0 Å². The SMILES string of the molecule is CNC(=O)CS(=O)(=O)Cc1ccn(-c2cccc(F)c2)n1. The van der Waals surface area contributed by atoms with Crippen LogP contribution in [0.15, 0.2) is 36.5 Å². The molecule has 6 nitrogen and oxygen atoms in total. The van der Waals surface area contributed by atoms with Gasteiger partial charge in [0.15, 0.2) is 9.84 Å². The van der Waals surface area contributed by atoms with E-state index in [9.17, 15) is 17.6 Å². The molecule has 0 spiro atoms. The Kier molecular flexibility index (Phi) is 4.37. The van der Waals surface area contributed by atoms with Crippen molar-refractivity contribution >= 4 is 15.7 Å². The standard InChI is InChI=1S/C13H14FN3O3S/c1-15-13(18)9-21(19,20)8-11-5-6-17(16-11)12-4-2-3-10(14)7-12/h2-7H,8-9H2,1H3,(H,15,18). The smallest absolute Gasteiger partial charge is 0.234 e. The fourth-order valence-corrected chi connectivity index (χ4v) is 3.00. The van der Waals surface area contributed by atoms with Crippen LogP contribution in [-0.2, 0) is 20.4 Å². The van der Waals surface area contributed by atoms with Crippen LogP contribution in [0, 0.1) is 5.82 Å². The lowest BCUT2D eigenvalue weighted by molar-refractivity contribution is -0.118. The van der Waals surface area contributed by atoms with Gasteiger partial charge in [-0.3, -0.25) is 4.79 Å². The fourth-order valence-electron chi connectivity index (χ4n) is 1.75. The lowest BCUT2D eigenvalue weighted by Crippen LogP contribution is -2.27. The molecule has 1 aromatic heterocycles. The molecular weight excluding hydrogens is 297 g/mol. The summed E-state index contributed by atoms with van der Waals surface area (Å²) in [5, 5.41) is 6.34. The highest BCUT2D eigenvalue weighted by Gasteiger charge is 2.18. The number of aromatic nitrogens is 2. The van der Waals surface area contributed by atoms with Crippen molar-refractivity contribution in [1.82, 2.24) is 15.1 Å². The molecule has 2 rings (SSSR count). The molecule has 0 aliphatic rings. The van der Waals surface area contributed by atoms with Gasteiger partial charge < -0.3 is 5.32 Å². The van der Waals surface area contributed by atoms with Crippen molar-refractivity contribution in [3.8, 4) is 5.69 Å². The third kappa shape index (κ3) is 4.12. The number of amides is 1. The summed E-state index contributed by atoms with van der Waals surface area (Å²) in [4.78, 5) is 11.1. The van der Waals surface area contributed by atoms with Gasteiger partial charge in [-0.1, -0.05) is 6.07 Å². The van der Waals surface area contributed by atoms with Gasteiger partial charge in [0.1, 0.15) is 11.6 Å². The Morgan fingerprint density at radius 1 is 1.38 bits per heavy atom. The molecule has 0 aliphatic heterocycles. The minimum absolute atomic E-state index is 0.295. The molecule has 8 heteroatoms. The van der Waals surface area contributed by atoms with Gasteiger partial charge >= 0.3 is 0 Å². The number of benzene rings is 1. The number of hydrogen-bond acceptors (Lipinski definition) is 4. The Bertz CT molecular complexity index is 756. The van der Waals surface area contributed by atoms with Crippen LogP contribution < -0.4 is 5.32 Å². The molecule has 0 fully saturated rings. The third-order valence-corrected chi connectivity index (χ3v) is 4.15. The minimum atomic E-state index is -3.58. The first-order chi connectivity index (χ1) is 9.89. The van der Waals surface area contributed by atoms with Gasteiger partial charge in [0, 0.05) is 13.2 Å². The van der Waals surface area contributed by atoms with E-state index in [1.807, 2.05) is 0 Å². The van der Waals surface area contributed by atoms with E-state index in [0.29, 0.717) is 11.4 Å². The van der Waals surface area contributed by atoms with Crippen molar-refractivity contribution in [3.05, 3.63) is 48.0 Å². The van der Waals surface area contributed by atoms with E-state index in [1.165, 1.54) is 36.0 Å². The molecule has 1 N–H and O–H groups in total. The fraction of sp³-hybridized carbons (Fsp3) is 0.231. The highest BCUT2D eigenvalue weighted by atomic mass is 32.2. The van der Waals surface area contributed by atoms with Crippen LogP contribution >= 0.6 is 0 Å². The molecule has 1 amide bonds. The second-order valence-electron chi connectivity index (χ2n) is 4.44. The van der Waals surface area contributed by atoms with Crippen LogP contribution in [0.3, 0.4) is 0 Å². The van der Waals surface area contributed by atoms with Crippen LogP contribution in [0.25, 0.3) is 5.69 Å². The van der Waals surface area contributed by atoms with Gasteiger partial charge in [-0.05, 0) is 24.3 Å². The average molecular weight is 311 g/mol. The van der Waals surface area contributed by atoms with E-state index in [0.717, 1.165) is 0 Å². The molecular formula is C13H14FN3O3S. The summed E-state index contributed by atoms with van der Waals surface area (Å²) in [5.41, 5.74) is 0.785. The minimum Gasteiger partial charge on any atom is -0.358 e. The molecule has 112 valence electrons. The molecule has 0 atom stereocenters. The third-order valence-electron chi connectivity index (χ3n) is 2.71. The van der Waals surface area contributed by atoms with E-state index in [4.69, 9.17) is 0 Å². The largest absolute Gasteiger partial charge is 0.358 e. The van der Waals surface area contributed by atoms with E-state index in [-0.39, 0.29) is 5.75 Å². The summed E-state index contributed by atoms with van der Waals surface area (Å²) in [6.07, 6.45) is 1.54. The highest BCUT2D eigenvalue weighted by molar-refractivity contribution is 7.91. The monoisotopic (exact) mass is 311 g/mol. The van der Waals surface area contributed by atoms with Gasteiger partial charge in [0.2, 0.25) is 5.91 Å². The van der Waals surface area contributed by atoms with Gasteiger partial charge in [0.05, 0.1) is 17.1 Å². The molecule has 0 saturated carbocycles. The quantitative estimate of drug-likeness (QED) is 0.880. The summed E-state index contributed by atoms with van der Waals surface area (Å²) in [5.74, 6) is -1.91. The van der Waals surface area contributed by atoms with Crippen LogP contribution in [0.2, 0.25) is 0 Å². The van der Waals surface area contributed by atoms with Gasteiger partial charge in [-0.2, -0.15) is 5.10 Å². The maximum absolute atomic E-state index is 13.1. The molecule has 21 heavy (non-hydrogen) atoms. The lowest BCUT2D eigenvalue weighted by Gasteiger charge is -2.02. The zero-order chi connectivity index (χ0) is 15.5. The van der Waals surface area contributed by atoms with Crippen molar-refractivity contribution < 1.29 is 17.6 Å². The first-order valence-corrected chi connectivity index (χ1v) is 7.93. The first-order valence-electron chi connectivity index (χ1n) is 6.11. The summed E-state index contributed by atoms with van der Waals surface area (Å²) in [7, 11) is -2.21. The summed E-state index contributed by atoms with van der Waals surface area (Å²) in [6.45, 7) is 0. The van der Waals surface area contributed by atoms with Crippen LogP contribution in [0.1, 0.15) is 5.69 Å². The van der Waals surface area contributed by atoms with E-state index in [2.05, 4.69) is 10.4 Å². The predicted molar refractivity (Wildman–Crippen MR) is 75.1 cm³/mol. The van der Waals surface area contributed by atoms with Crippen molar-refractivity contribution in [2.45, 2.75) is 5.75 Å². The number of rotatable bonds is 5. The number of hydrogen-bond donors (Lipinski definition) is 1. The number of sulfone groups is 1. The van der Waals surface area contributed by atoms with Gasteiger partial charge in [0.25, 0.3) is 0 Å². The predicted octanol–water partition coefficient (Wildman–Crippen LogP) is 0.672. The normalized spacial score (nSPS) is 11.3. The molecule has 1 heterocycles. The Balaban J connectivity index is 2.15. The number of nitrogens with zero attached hydrogens (tertiary/aromatic N) is 2. The van der Waals surface area contributed by atoms with E-state index < -0.39 is 27.3 Å². The Morgan fingerprint density at radius 2 is 2.14 bits per heavy atom. The topological polar surface area (TPSA) is 81.1 Å². The van der Waals surface area contributed by atoms with Crippen molar-refractivity contribution in [1.29, 1.82) is 0 Å². The number of nitrogens with one attached hydrogen (secondary N) is 1. The van der Waals surface area contributed by atoms with Gasteiger partial charge in [-0.25, -0.2) is 17.5 Å². The summed E-state index contributed by atoms with van der Waals surface area (Å²) in [6, 6.07) is 7.30. The van der Waals surface area contributed by atoms with Crippen molar-refractivity contribution in [2.24, 2.45) is 0 Å². The Hall–Kier alpha value is -2.22. The average Bonchev–Trinajstić information content (AvgIpc) is 2.85. The lowest BCUT2D eigenvalue weighted by atomic mass is 10.3. The van der Waals surface area contributed by atoms with Crippen LogP contribution in [-0.4, -0.2) is 36.9 Å². The van der Waals surface area contributed by atoms with Gasteiger partial charge in [-0.15, -0.1) is 0 Å². The summed E-state index contributed by atoms with van der Waals surface area (Å²) >= 11 is 0. The maximum atomic E-state index is 13.1. The Labute approximate surface area is 121 Å². The zero-order valence-corrected chi connectivity index (χ0v) is 12.1. The van der Waals surface area contributed by atoms with E-state index >= 15 is 0 Å². The molecule has 0 saturated heterocycles. The molecule has 0 radical (unpaired) electrons. The van der Waals surface area contributed by atoms with Crippen molar-refractivity contribution in [2.75, 3.05) is 12.8 Å². The molecule has 0 unspecified atom stereocenters. The first kappa shape index (κ1) is 15.2. The second-order valence-corrected chi connectivity index (χ2v) is 6.50. The number of carbonyl (C=O) groups excluding carboxylic acids is 1. The molecule has 0 bridgehead atoms.